The van der Waals surface area contributed by atoms with Crippen LogP contribution in [-0.2, 0) is 0 Å². The highest BCUT2D eigenvalue weighted by atomic mass is 31.2. The lowest BCUT2D eigenvalue weighted by Gasteiger charge is -2.27. The Morgan fingerprint density at radius 1 is 0.667 bits per heavy atom. The third-order valence-electron chi connectivity index (χ3n) is 4.13. The normalized spacial score (nSPS) is 10.7. The van der Waals surface area contributed by atoms with Gasteiger partial charge in [0.05, 0.1) is 0 Å². The van der Waals surface area contributed by atoms with Gasteiger partial charge in [-0.1, -0.05) is 67.8 Å². The van der Waals surface area contributed by atoms with Crippen LogP contribution >= 0.6 is 7.26 Å². The first kappa shape index (κ1) is 16.2. The third kappa shape index (κ3) is 2.79. The summed E-state index contributed by atoms with van der Waals surface area (Å²) in [7, 11) is -2.01. The van der Waals surface area contributed by atoms with E-state index in [2.05, 4.69) is 110 Å². The fraction of sp³-hybridized carbons (Fsp3) is 0. The van der Waals surface area contributed by atoms with Crippen LogP contribution in [0.2, 0.25) is 0 Å². The van der Waals surface area contributed by atoms with Gasteiger partial charge in [0.15, 0.2) is 0 Å². The molecule has 116 valence electrons. The van der Waals surface area contributed by atoms with Gasteiger partial charge in [-0.3, -0.25) is 0 Å². The second-order valence-corrected chi connectivity index (χ2v) is 8.98. The molecule has 0 N–H and O–H groups in total. The van der Waals surface area contributed by atoms with Crippen molar-refractivity contribution in [2.24, 2.45) is 0 Å². The molecule has 0 amide bonds. The van der Waals surface area contributed by atoms with Gasteiger partial charge in [0.2, 0.25) is 0 Å². The van der Waals surface area contributed by atoms with Crippen molar-refractivity contribution in [3.8, 4) is 0 Å². The summed E-state index contributed by atoms with van der Waals surface area (Å²) in [5.41, 5.74) is 2.94. The number of rotatable bonds is 5. The zero-order valence-corrected chi connectivity index (χ0v) is 14.5. The van der Waals surface area contributed by atoms with Crippen LogP contribution in [-0.4, -0.2) is 0 Å². The summed E-state index contributed by atoms with van der Waals surface area (Å²) in [5.74, 6) is 0. The molecular weight excluding hydrogens is 307 g/mol. The van der Waals surface area contributed by atoms with Crippen molar-refractivity contribution in [2.75, 3.05) is 0 Å². The molecule has 0 unspecified atom stereocenters. The minimum Gasteiger partial charge on any atom is -0.125 e. The van der Waals surface area contributed by atoms with E-state index in [1.807, 2.05) is 6.08 Å². The monoisotopic (exact) mass is 327 g/mol. The van der Waals surface area contributed by atoms with E-state index in [-0.39, 0.29) is 0 Å². The molecular formula is C23H20P+. The van der Waals surface area contributed by atoms with Crippen LogP contribution in [0.3, 0.4) is 0 Å². The van der Waals surface area contributed by atoms with Gasteiger partial charge >= 0.3 is 0 Å². The fourth-order valence-corrected chi connectivity index (χ4v) is 7.15. The van der Waals surface area contributed by atoms with Crippen molar-refractivity contribution >= 4 is 23.2 Å². The summed E-state index contributed by atoms with van der Waals surface area (Å²) in [4.78, 5) is 0. The van der Waals surface area contributed by atoms with Crippen LogP contribution in [0.5, 0.6) is 0 Å². The molecule has 3 aromatic rings. The quantitative estimate of drug-likeness (QED) is 0.357. The Balaban J connectivity index is 2.41. The fourth-order valence-electron chi connectivity index (χ4n) is 3.11. The number of hydrogen-bond acceptors (Lipinski definition) is 0. The van der Waals surface area contributed by atoms with Crippen LogP contribution in [0.15, 0.2) is 121 Å². The minimum atomic E-state index is -2.01. The maximum atomic E-state index is 4.44. The zero-order chi connectivity index (χ0) is 16.8. The van der Waals surface area contributed by atoms with E-state index in [9.17, 15) is 0 Å². The SMILES string of the molecule is C=C=CC(=C)[P+](c1ccccc1)(c1ccccc1)c1ccccc1. The van der Waals surface area contributed by atoms with Crippen LogP contribution in [0.1, 0.15) is 0 Å². The second kappa shape index (κ2) is 7.28. The topological polar surface area (TPSA) is 0 Å². The Labute approximate surface area is 144 Å². The molecule has 0 spiro atoms. The van der Waals surface area contributed by atoms with Crippen molar-refractivity contribution in [3.05, 3.63) is 121 Å². The number of hydrogen-bond donors (Lipinski definition) is 0. The lowest BCUT2D eigenvalue weighted by molar-refractivity contribution is 1.71. The molecule has 3 aromatic carbocycles. The van der Waals surface area contributed by atoms with Crippen molar-refractivity contribution in [1.29, 1.82) is 0 Å². The molecule has 0 aliphatic rings. The molecule has 0 saturated carbocycles. The van der Waals surface area contributed by atoms with Crippen LogP contribution in [0.4, 0.5) is 0 Å². The molecule has 0 saturated heterocycles. The van der Waals surface area contributed by atoms with Gasteiger partial charge in [0.1, 0.15) is 28.5 Å². The maximum absolute atomic E-state index is 4.44. The maximum Gasteiger partial charge on any atom is 0.144 e. The van der Waals surface area contributed by atoms with E-state index < -0.39 is 7.26 Å². The van der Waals surface area contributed by atoms with Crippen LogP contribution in [0.25, 0.3) is 0 Å². The molecule has 0 aliphatic carbocycles. The van der Waals surface area contributed by atoms with Crippen molar-refractivity contribution < 1.29 is 0 Å². The first-order valence-corrected chi connectivity index (χ1v) is 9.70. The van der Waals surface area contributed by atoms with Gasteiger partial charge in [-0.05, 0) is 36.4 Å². The number of benzene rings is 3. The summed E-state index contributed by atoms with van der Waals surface area (Å²) in [6.07, 6.45) is 1.93. The second-order valence-electron chi connectivity index (χ2n) is 5.52. The lowest BCUT2D eigenvalue weighted by atomic mass is 10.3. The Hall–Kier alpha value is -2.65. The zero-order valence-electron chi connectivity index (χ0n) is 13.6. The van der Waals surface area contributed by atoms with E-state index in [1.165, 1.54) is 15.9 Å². The van der Waals surface area contributed by atoms with E-state index in [0.717, 1.165) is 5.31 Å². The molecule has 0 fully saturated rings. The van der Waals surface area contributed by atoms with Crippen molar-refractivity contribution in [3.63, 3.8) is 0 Å². The average molecular weight is 327 g/mol. The van der Waals surface area contributed by atoms with Crippen molar-refractivity contribution in [2.45, 2.75) is 0 Å². The molecule has 1 heteroatoms. The molecule has 0 radical (unpaired) electrons. The highest BCUT2D eigenvalue weighted by molar-refractivity contribution is 7.99. The third-order valence-corrected chi connectivity index (χ3v) is 8.34. The molecule has 24 heavy (non-hydrogen) atoms. The summed E-state index contributed by atoms with van der Waals surface area (Å²) in [6.45, 7) is 8.21. The highest BCUT2D eigenvalue weighted by Crippen LogP contribution is 2.62. The predicted molar refractivity (Wildman–Crippen MR) is 108 cm³/mol. The van der Waals surface area contributed by atoms with E-state index in [4.69, 9.17) is 0 Å². The van der Waals surface area contributed by atoms with E-state index >= 15 is 0 Å². The molecule has 0 aliphatic heterocycles. The Morgan fingerprint density at radius 2 is 1.00 bits per heavy atom. The molecule has 0 nitrogen and oxygen atoms in total. The van der Waals surface area contributed by atoms with Crippen molar-refractivity contribution in [1.82, 2.24) is 0 Å². The molecule has 0 aromatic heterocycles. The Bertz CT molecular complexity index is 761. The Morgan fingerprint density at radius 3 is 1.29 bits per heavy atom. The molecule has 3 rings (SSSR count). The van der Waals surface area contributed by atoms with Gasteiger partial charge in [-0.2, -0.15) is 0 Å². The highest BCUT2D eigenvalue weighted by Gasteiger charge is 2.47. The van der Waals surface area contributed by atoms with Gasteiger partial charge in [-0.15, -0.1) is 5.73 Å². The van der Waals surface area contributed by atoms with E-state index in [0.29, 0.717) is 0 Å². The molecule has 0 heterocycles. The lowest BCUT2D eigenvalue weighted by Crippen LogP contribution is -2.31. The minimum absolute atomic E-state index is 1.06. The van der Waals surface area contributed by atoms with Crippen LogP contribution < -0.4 is 15.9 Å². The summed E-state index contributed by atoms with van der Waals surface area (Å²) < 4.78 is 0. The Kier molecular flexibility index (Phi) is 4.92. The summed E-state index contributed by atoms with van der Waals surface area (Å²) >= 11 is 0. The summed E-state index contributed by atoms with van der Waals surface area (Å²) in [6, 6.07) is 32.0. The first-order chi connectivity index (χ1) is 11.8. The average Bonchev–Trinajstić information content (AvgIpc) is 2.65. The number of allylic oxidation sites excluding steroid dienone is 2. The largest absolute Gasteiger partial charge is 0.144 e. The standard InChI is InChI=1S/C23H20P/c1-3-13-20(2)24(21-14-7-4-8-15-21,22-16-9-5-10-17-22)23-18-11-6-12-19-23/h4-19H,1-2H2/q+1. The van der Waals surface area contributed by atoms with E-state index in [1.54, 1.807) is 0 Å². The molecule has 0 bridgehead atoms. The predicted octanol–water partition coefficient (Wildman–Crippen LogP) is 4.84. The summed E-state index contributed by atoms with van der Waals surface area (Å²) in [5, 5.41) is 4.93. The van der Waals surface area contributed by atoms with Crippen LogP contribution in [0, 0.1) is 0 Å². The smallest absolute Gasteiger partial charge is 0.125 e. The van der Waals surface area contributed by atoms with Gasteiger partial charge < -0.3 is 0 Å². The van der Waals surface area contributed by atoms with Gasteiger partial charge in [0.25, 0.3) is 0 Å². The first-order valence-electron chi connectivity index (χ1n) is 7.91. The molecule has 0 atom stereocenters. The van der Waals surface area contributed by atoms with Gasteiger partial charge in [0, 0.05) is 6.08 Å². The van der Waals surface area contributed by atoms with Gasteiger partial charge in [-0.25, -0.2) is 0 Å².